The first-order chi connectivity index (χ1) is 14.5. The lowest BCUT2D eigenvalue weighted by Crippen LogP contribution is -2.21. The van der Waals surface area contributed by atoms with E-state index in [-0.39, 0.29) is 11.9 Å². The van der Waals surface area contributed by atoms with Crippen LogP contribution in [0, 0.1) is 17.7 Å². The minimum Gasteiger partial charge on any atom is -0.446 e. The summed E-state index contributed by atoms with van der Waals surface area (Å²) in [6.07, 6.45) is 5.18. The van der Waals surface area contributed by atoms with Crippen LogP contribution in [-0.2, 0) is 4.74 Å². The predicted molar refractivity (Wildman–Crippen MR) is 115 cm³/mol. The van der Waals surface area contributed by atoms with E-state index in [1.165, 1.54) is 11.6 Å². The molecule has 0 aliphatic heterocycles. The molecule has 154 valence electrons. The number of rotatable bonds is 3. The lowest BCUT2D eigenvalue weighted by Gasteiger charge is -2.17. The Labute approximate surface area is 179 Å². The van der Waals surface area contributed by atoms with Crippen molar-refractivity contribution in [2.75, 3.05) is 5.32 Å². The van der Waals surface area contributed by atoms with Crippen LogP contribution in [0.1, 0.15) is 37.2 Å². The van der Waals surface area contributed by atoms with Gasteiger partial charge in [-0.05, 0) is 97.5 Å². The molecule has 0 saturated heterocycles. The highest BCUT2D eigenvalue weighted by Gasteiger charge is 2.43. The zero-order chi connectivity index (χ0) is 20.7. The lowest BCUT2D eigenvalue weighted by atomic mass is 9.92. The molecule has 1 aromatic heterocycles. The molecule has 2 fully saturated rings. The Morgan fingerprint density at radius 3 is 2.50 bits per heavy atom. The number of carbonyl (C=O) groups is 1. The second-order valence-electron chi connectivity index (χ2n) is 8.38. The van der Waals surface area contributed by atoms with Gasteiger partial charge in [-0.25, -0.2) is 9.18 Å². The van der Waals surface area contributed by atoms with Crippen molar-refractivity contribution in [1.29, 1.82) is 0 Å². The fourth-order valence-electron chi connectivity index (χ4n) is 5.24. The van der Waals surface area contributed by atoms with Gasteiger partial charge in [-0.1, -0.05) is 11.6 Å². The molecule has 1 unspecified atom stereocenters. The van der Waals surface area contributed by atoms with E-state index in [0.29, 0.717) is 28.5 Å². The molecule has 0 bridgehead atoms. The van der Waals surface area contributed by atoms with Crippen LogP contribution in [0.3, 0.4) is 0 Å². The van der Waals surface area contributed by atoms with Crippen LogP contribution >= 0.6 is 11.6 Å². The van der Waals surface area contributed by atoms with E-state index in [2.05, 4.69) is 10.3 Å². The molecule has 2 aliphatic rings. The van der Waals surface area contributed by atoms with Gasteiger partial charge in [0.25, 0.3) is 0 Å². The van der Waals surface area contributed by atoms with Crippen LogP contribution in [0.2, 0.25) is 5.02 Å². The second kappa shape index (κ2) is 7.88. The molecule has 2 saturated carbocycles. The predicted octanol–water partition coefficient (Wildman–Crippen LogP) is 6.55. The fourth-order valence-corrected chi connectivity index (χ4v) is 5.36. The first-order valence-corrected chi connectivity index (χ1v) is 10.7. The molecule has 30 heavy (non-hydrogen) atoms. The summed E-state index contributed by atoms with van der Waals surface area (Å²) < 4.78 is 19.5. The van der Waals surface area contributed by atoms with Gasteiger partial charge in [0.05, 0.1) is 5.52 Å². The number of benzene rings is 2. The van der Waals surface area contributed by atoms with E-state index in [1.807, 2.05) is 12.3 Å². The summed E-state index contributed by atoms with van der Waals surface area (Å²) >= 11 is 5.87. The lowest BCUT2D eigenvalue weighted by molar-refractivity contribution is 0.109. The van der Waals surface area contributed by atoms with Crippen LogP contribution in [0.15, 0.2) is 54.7 Å². The SMILES string of the molecule is O=C(Nc1ccc(Cl)cc1)O[C@@H]1CC2C[C@H](c3ccnc4ccc(F)cc34)C[C@@H]2C1. The Balaban J connectivity index is 1.21. The summed E-state index contributed by atoms with van der Waals surface area (Å²) in [4.78, 5) is 16.6. The largest absolute Gasteiger partial charge is 0.446 e. The molecule has 0 spiro atoms. The third-order valence-electron chi connectivity index (χ3n) is 6.51. The maximum Gasteiger partial charge on any atom is 0.411 e. The summed E-state index contributed by atoms with van der Waals surface area (Å²) in [6, 6.07) is 13.8. The smallest absolute Gasteiger partial charge is 0.411 e. The third kappa shape index (κ3) is 3.86. The van der Waals surface area contributed by atoms with E-state index in [1.54, 1.807) is 36.4 Å². The Hall–Kier alpha value is -2.66. The van der Waals surface area contributed by atoms with Gasteiger partial charge in [0.1, 0.15) is 11.9 Å². The number of nitrogens with one attached hydrogen (secondary N) is 1. The van der Waals surface area contributed by atoms with Gasteiger partial charge in [-0.2, -0.15) is 0 Å². The van der Waals surface area contributed by atoms with E-state index >= 15 is 0 Å². The van der Waals surface area contributed by atoms with Crippen molar-refractivity contribution in [1.82, 2.24) is 4.98 Å². The minimum atomic E-state index is -0.422. The topological polar surface area (TPSA) is 51.2 Å². The van der Waals surface area contributed by atoms with Crippen LogP contribution in [-0.4, -0.2) is 17.2 Å². The molecule has 2 aromatic carbocycles. The Morgan fingerprint density at radius 1 is 1.03 bits per heavy atom. The number of ether oxygens (including phenoxy) is 1. The van der Waals surface area contributed by atoms with Gasteiger partial charge in [-0.3, -0.25) is 10.3 Å². The van der Waals surface area contributed by atoms with Crippen LogP contribution in [0.25, 0.3) is 10.9 Å². The second-order valence-corrected chi connectivity index (χ2v) is 8.82. The maximum absolute atomic E-state index is 13.8. The van der Waals surface area contributed by atoms with E-state index < -0.39 is 6.09 Å². The summed E-state index contributed by atoms with van der Waals surface area (Å²) in [6.45, 7) is 0. The molecule has 3 aromatic rings. The standard InChI is InChI=1S/C24H22ClFN2O2/c25-17-1-4-19(5-2-17)28-24(29)30-20-11-14-9-16(10-15(14)12-20)21-7-8-27-23-6-3-18(26)13-22(21)23/h1-8,13-16,20H,9-12H2,(H,28,29)/t14-,15?,16-,20+/m1/s1. The average molecular weight is 425 g/mol. The Kier molecular flexibility index (Phi) is 5.07. The summed E-state index contributed by atoms with van der Waals surface area (Å²) in [5.74, 6) is 1.23. The molecule has 4 nitrogen and oxygen atoms in total. The first-order valence-electron chi connectivity index (χ1n) is 10.3. The van der Waals surface area contributed by atoms with Crippen molar-refractivity contribution < 1.29 is 13.9 Å². The van der Waals surface area contributed by atoms with Gasteiger partial charge in [0.2, 0.25) is 0 Å². The highest BCUT2D eigenvalue weighted by Crippen LogP contribution is 2.52. The van der Waals surface area contributed by atoms with Gasteiger partial charge in [0, 0.05) is 22.3 Å². The summed E-state index contributed by atoms with van der Waals surface area (Å²) in [5.41, 5.74) is 2.69. The maximum atomic E-state index is 13.8. The van der Waals surface area contributed by atoms with Crippen LogP contribution in [0.5, 0.6) is 0 Å². The van der Waals surface area contributed by atoms with Crippen molar-refractivity contribution in [2.45, 2.75) is 37.7 Å². The number of aromatic nitrogens is 1. The van der Waals surface area contributed by atoms with Gasteiger partial charge in [0.15, 0.2) is 0 Å². The number of hydrogen-bond acceptors (Lipinski definition) is 3. The van der Waals surface area contributed by atoms with Crippen molar-refractivity contribution in [3.63, 3.8) is 0 Å². The van der Waals surface area contributed by atoms with E-state index in [4.69, 9.17) is 16.3 Å². The third-order valence-corrected chi connectivity index (χ3v) is 6.77. The number of halogens is 2. The minimum absolute atomic E-state index is 0.0557. The average Bonchev–Trinajstić information content (AvgIpc) is 3.27. The van der Waals surface area contributed by atoms with Gasteiger partial charge >= 0.3 is 6.09 Å². The fraction of sp³-hybridized carbons (Fsp3) is 0.333. The molecular formula is C24H22ClFN2O2. The number of carbonyl (C=O) groups excluding carboxylic acids is 1. The van der Waals surface area contributed by atoms with Crippen LogP contribution in [0.4, 0.5) is 14.9 Å². The van der Waals surface area contributed by atoms with Crippen molar-refractivity contribution >= 4 is 34.3 Å². The Bertz CT molecular complexity index is 1070. The number of anilines is 1. The summed E-state index contributed by atoms with van der Waals surface area (Å²) in [7, 11) is 0. The summed E-state index contributed by atoms with van der Waals surface area (Å²) in [5, 5.41) is 4.30. The van der Waals surface area contributed by atoms with E-state index in [9.17, 15) is 9.18 Å². The number of hydrogen-bond donors (Lipinski definition) is 1. The molecule has 1 heterocycles. The molecule has 1 N–H and O–H groups in total. The van der Waals surface area contributed by atoms with Crippen molar-refractivity contribution in [2.24, 2.45) is 11.8 Å². The molecule has 4 atom stereocenters. The molecule has 0 radical (unpaired) electrons. The molecule has 2 aliphatic carbocycles. The highest BCUT2D eigenvalue weighted by atomic mass is 35.5. The van der Waals surface area contributed by atoms with Gasteiger partial charge < -0.3 is 4.74 Å². The Morgan fingerprint density at radius 2 is 1.77 bits per heavy atom. The molecule has 6 heteroatoms. The molecular weight excluding hydrogens is 403 g/mol. The highest BCUT2D eigenvalue weighted by molar-refractivity contribution is 6.30. The van der Waals surface area contributed by atoms with E-state index in [0.717, 1.165) is 36.6 Å². The first kappa shape index (κ1) is 19.3. The monoisotopic (exact) mass is 424 g/mol. The number of amides is 1. The van der Waals surface area contributed by atoms with Gasteiger partial charge in [-0.15, -0.1) is 0 Å². The normalized spacial score (nSPS) is 25.3. The quantitative estimate of drug-likeness (QED) is 0.518. The van der Waals surface area contributed by atoms with Crippen LogP contribution < -0.4 is 5.32 Å². The zero-order valence-electron chi connectivity index (χ0n) is 16.4. The number of fused-ring (bicyclic) bond motifs is 2. The van der Waals surface area contributed by atoms with Crippen molar-refractivity contribution in [3.8, 4) is 0 Å². The molecule has 1 amide bonds. The van der Waals surface area contributed by atoms with Crippen molar-refractivity contribution in [3.05, 3.63) is 71.1 Å². The zero-order valence-corrected chi connectivity index (χ0v) is 17.1. The number of nitrogens with zero attached hydrogens (tertiary/aromatic N) is 1. The number of pyridine rings is 1. The molecule has 5 rings (SSSR count).